The fourth-order valence-corrected chi connectivity index (χ4v) is 3.02. The Morgan fingerprint density at radius 3 is 2.85 bits per heavy atom. The third-order valence-corrected chi connectivity index (χ3v) is 4.32. The van der Waals surface area contributed by atoms with Gasteiger partial charge in [0.2, 0.25) is 5.88 Å². The third kappa shape index (κ3) is 3.57. The number of rotatable bonds is 4. The van der Waals surface area contributed by atoms with Crippen LogP contribution in [0.1, 0.15) is 36.2 Å². The van der Waals surface area contributed by atoms with Crippen LogP contribution in [0.3, 0.4) is 0 Å². The van der Waals surface area contributed by atoms with Crippen molar-refractivity contribution >= 4 is 5.97 Å². The van der Waals surface area contributed by atoms with Gasteiger partial charge in [-0.1, -0.05) is 43.3 Å². The molecule has 0 spiro atoms. The van der Waals surface area contributed by atoms with Crippen molar-refractivity contribution in [2.24, 2.45) is 0 Å². The number of carbonyl (C=O) groups excluding carboxylic acids is 1. The Kier molecular flexibility index (Phi) is 4.35. The van der Waals surface area contributed by atoms with E-state index in [0.717, 1.165) is 11.1 Å². The molecular weight excluding hydrogens is 328 g/mol. The highest BCUT2D eigenvalue weighted by Gasteiger charge is 2.24. The zero-order chi connectivity index (χ0) is 17.9. The zero-order valence-electron chi connectivity index (χ0n) is 14.4. The van der Waals surface area contributed by atoms with Gasteiger partial charge >= 0.3 is 5.97 Å². The summed E-state index contributed by atoms with van der Waals surface area (Å²) in [5, 5.41) is 0. The molecule has 0 radical (unpaired) electrons. The number of aromatic nitrogens is 2. The van der Waals surface area contributed by atoms with E-state index in [0.29, 0.717) is 36.0 Å². The maximum atomic E-state index is 11.6. The van der Waals surface area contributed by atoms with Gasteiger partial charge in [0.25, 0.3) is 0 Å². The first kappa shape index (κ1) is 16.3. The molecule has 1 aromatic heterocycles. The average molecular weight is 346 g/mol. The normalized spacial score (nSPS) is 15.9. The topological polar surface area (TPSA) is 61.3 Å². The van der Waals surface area contributed by atoms with Crippen LogP contribution < -0.4 is 9.47 Å². The molecule has 0 amide bonds. The number of carbonyl (C=O) groups is 1. The van der Waals surface area contributed by atoms with Crippen LogP contribution in [0, 0.1) is 0 Å². The SMILES string of the molecule is CC1CC(=O)Oc2cc(Oc3ccnc(Cc4ccccc4)n3)ccc21. The summed E-state index contributed by atoms with van der Waals surface area (Å²) in [6.07, 6.45) is 2.72. The smallest absolute Gasteiger partial charge is 0.311 e. The highest BCUT2D eigenvalue weighted by atomic mass is 16.5. The monoisotopic (exact) mass is 346 g/mol. The molecule has 5 heteroatoms. The van der Waals surface area contributed by atoms with E-state index < -0.39 is 0 Å². The molecular formula is C21H18N2O3. The number of nitrogens with zero attached hydrogens (tertiary/aromatic N) is 2. The van der Waals surface area contributed by atoms with Gasteiger partial charge in [-0.3, -0.25) is 4.79 Å². The Balaban J connectivity index is 1.53. The summed E-state index contributed by atoms with van der Waals surface area (Å²) in [6, 6.07) is 17.3. The second-order valence-corrected chi connectivity index (χ2v) is 6.35. The minimum Gasteiger partial charge on any atom is -0.439 e. The Morgan fingerprint density at radius 2 is 2.00 bits per heavy atom. The lowest BCUT2D eigenvalue weighted by molar-refractivity contribution is -0.135. The van der Waals surface area contributed by atoms with E-state index in [4.69, 9.17) is 9.47 Å². The van der Waals surface area contributed by atoms with E-state index in [9.17, 15) is 4.79 Å². The van der Waals surface area contributed by atoms with Crippen LogP contribution in [0.4, 0.5) is 0 Å². The van der Waals surface area contributed by atoms with Gasteiger partial charge in [-0.25, -0.2) is 4.98 Å². The summed E-state index contributed by atoms with van der Waals surface area (Å²) in [5.74, 6) is 2.22. The fraction of sp³-hybridized carbons (Fsp3) is 0.190. The molecule has 0 saturated carbocycles. The fourth-order valence-electron chi connectivity index (χ4n) is 3.02. The molecule has 1 aliphatic heterocycles. The van der Waals surface area contributed by atoms with E-state index in [1.807, 2.05) is 49.4 Å². The third-order valence-electron chi connectivity index (χ3n) is 4.32. The first-order valence-corrected chi connectivity index (χ1v) is 8.56. The first-order valence-electron chi connectivity index (χ1n) is 8.56. The van der Waals surface area contributed by atoms with Crippen LogP contribution in [0.5, 0.6) is 17.4 Å². The standard InChI is InChI=1S/C21H18N2O3/c1-14-11-21(24)26-18-13-16(7-8-17(14)18)25-20-9-10-22-19(23-20)12-15-5-3-2-4-6-15/h2-10,13-14H,11-12H2,1H3. The quantitative estimate of drug-likeness (QED) is 0.521. The second kappa shape index (κ2) is 6.96. The van der Waals surface area contributed by atoms with Gasteiger partial charge in [-0.15, -0.1) is 0 Å². The number of hydrogen-bond donors (Lipinski definition) is 0. The highest BCUT2D eigenvalue weighted by Crippen LogP contribution is 2.37. The molecule has 0 N–H and O–H groups in total. The molecule has 0 saturated heterocycles. The van der Waals surface area contributed by atoms with Gasteiger partial charge in [-0.05, 0) is 23.1 Å². The predicted octanol–water partition coefficient (Wildman–Crippen LogP) is 4.27. The van der Waals surface area contributed by atoms with Gasteiger partial charge in [-0.2, -0.15) is 4.98 Å². The van der Waals surface area contributed by atoms with Crippen molar-refractivity contribution in [1.82, 2.24) is 9.97 Å². The molecule has 3 aromatic rings. The molecule has 0 bridgehead atoms. The molecule has 1 atom stereocenters. The Bertz CT molecular complexity index is 941. The molecule has 26 heavy (non-hydrogen) atoms. The van der Waals surface area contributed by atoms with Gasteiger partial charge in [0.15, 0.2) is 0 Å². The number of ether oxygens (including phenoxy) is 2. The summed E-state index contributed by atoms with van der Waals surface area (Å²) < 4.78 is 11.2. The average Bonchev–Trinajstić information content (AvgIpc) is 2.62. The highest BCUT2D eigenvalue weighted by molar-refractivity contribution is 5.76. The first-order chi connectivity index (χ1) is 12.7. The van der Waals surface area contributed by atoms with Crippen LogP contribution in [-0.2, 0) is 11.2 Å². The maximum Gasteiger partial charge on any atom is 0.311 e. The van der Waals surface area contributed by atoms with Crippen molar-refractivity contribution in [1.29, 1.82) is 0 Å². The van der Waals surface area contributed by atoms with E-state index in [1.54, 1.807) is 18.3 Å². The largest absolute Gasteiger partial charge is 0.439 e. The van der Waals surface area contributed by atoms with Crippen LogP contribution in [-0.4, -0.2) is 15.9 Å². The minimum absolute atomic E-state index is 0.150. The molecule has 1 unspecified atom stereocenters. The van der Waals surface area contributed by atoms with Crippen LogP contribution >= 0.6 is 0 Å². The number of benzene rings is 2. The molecule has 2 aromatic carbocycles. The van der Waals surface area contributed by atoms with Gasteiger partial charge in [0.05, 0.1) is 6.42 Å². The van der Waals surface area contributed by atoms with E-state index in [2.05, 4.69) is 9.97 Å². The summed E-state index contributed by atoms with van der Waals surface area (Å²) in [6.45, 7) is 2.01. The van der Waals surface area contributed by atoms with Crippen molar-refractivity contribution in [3.05, 3.63) is 77.7 Å². The Hall–Kier alpha value is -3.21. The van der Waals surface area contributed by atoms with E-state index in [1.165, 1.54) is 0 Å². The zero-order valence-corrected chi connectivity index (χ0v) is 14.4. The maximum absolute atomic E-state index is 11.6. The lowest BCUT2D eigenvalue weighted by Gasteiger charge is -2.21. The molecule has 130 valence electrons. The molecule has 0 fully saturated rings. The van der Waals surface area contributed by atoms with Gasteiger partial charge in [0.1, 0.15) is 17.3 Å². The summed E-state index contributed by atoms with van der Waals surface area (Å²) in [7, 11) is 0. The van der Waals surface area contributed by atoms with E-state index >= 15 is 0 Å². The van der Waals surface area contributed by atoms with Crippen molar-refractivity contribution < 1.29 is 14.3 Å². The summed E-state index contributed by atoms with van der Waals surface area (Å²) >= 11 is 0. The molecule has 1 aliphatic rings. The molecule has 0 aliphatic carbocycles. The van der Waals surface area contributed by atoms with Crippen molar-refractivity contribution in [2.45, 2.75) is 25.7 Å². The van der Waals surface area contributed by atoms with E-state index in [-0.39, 0.29) is 11.9 Å². The van der Waals surface area contributed by atoms with Gasteiger partial charge in [0, 0.05) is 24.8 Å². The lowest BCUT2D eigenvalue weighted by atomic mass is 9.95. The number of esters is 1. The Morgan fingerprint density at radius 1 is 1.15 bits per heavy atom. The summed E-state index contributed by atoms with van der Waals surface area (Å²) in [5.41, 5.74) is 2.16. The molecule has 4 rings (SSSR count). The van der Waals surface area contributed by atoms with Crippen molar-refractivity contribution in [2.75, 3.05) is 0 Å². The van der Waals surface area contributed by atoms with Crippen LogP contribution in [0.25, 0.3) is 0 Å². The second-order valence-electron chi connectivity index (χ2n) is 6.35. The number of hydrogen-bond acceptors (Lipinski definition) is 5. The summed E-state index contributed by atoms with van der Waals surface area (Å²) in [4.78, 5) is 20.4. The number of fused-ring (bicyclic) bond motifs is 1. The Labute approximate surface area is 151 Å². The molecule has 5 nitrogen and oxygen atoms in total. The van der Waals surface area contributed by atoms with Crippen LogP contribution in [0.15, 0.2) is 60.8 Å². The minimum atomic E-state index is -0.214. The molecule has 2 heterocycles. The lowest BCUT2D eigenvalue weighted by Crippen LogP contribution is -2.18. The van der Waals surface area contributed by atoms with Crippen molar-refractivity contribution in [3.8, 4) is 17.4 Å². The van der Waals surface area contributed by atoms with Gasteiger partial charge < -0.3 is 9.47 Å². The van der Waals surface area contributed by atoms with Crippen LogP contribution in [0.2, 0.25) is 0 Å². The predicted molar refractivity (Wildman–Crippen MR) is 96.5 cm³/mol. The van der Waals surface area contributed by atoms with Crippen molar-refractivity contribution in [3.63, 3.8) is 0 Å².